The van der Waals surface area contributed by atoms with Gasteiger partial charge in [-0.2, -0.15) is 0 Å². The number of carbonyl (C=O) groups excluding carboxylic acids is 2. The van der Waals surface area contributed by atoms with Gasteiger partial charge in [0.2, 0.25) is 12.3 Å². The fourth-order valence-corrected chi connectivity index (χ4v) is 2.08. The van der Waals surface area contributed by atoms with E-state index < -0.39 is 0 Å². The summed E-state index contributed by atoms with van der Waals surface area (Å²) in [5, 5.41) is 10.2. The van der Waals surface area contributed by atoms with Crippen LogP contribution >= 0.6 is 0 Å². The van der Waals surface area contributed by atoms with E-state index >= 15 is 0 Å². The number of aromatic nitrogens is 2. The van der Waals surface area contributed by atoms with E-state index in [9.17, 15) is 9.59 Å². The Balaban J connectivity index is 1.76. The number of Topliss-reactive ketones (excluding diaryl/α,β-unsaturated/α-hetero) is 1. The van der Waals surface area contributed by atoms with Gasteiger partial charge >= 0.3 is 0 Å². The van der Waals surface area contributed by atoms with E-state index in [-0.39, 0.29) is 11.7 Å². The van der Waals surface area contributed by atoms with Crippen LogP contribution in [0.4, 0.5) is 5.69 Å². The molecule has 2 aromatic carbocycles. The monoisotopic (exact) mass is 307 g/mol. The number of anilines is 1. The SMILES string of the molecule is CC(=O)c1cccc(NC(=O)c2ccc(-c3nnco3)cc2)c1. The molecule has 6 nitrogen and oxygen atoms in total. The van der Waals surface area contributed by atoms with E-state index in [1.54, 1.807) is 48.5 Å². The fourth-order valence-electron chi connectivity index (χ4n) is 2.08. The van der Waals surface area contributed by atoms with Crippen LogP contribution in [0.1, 0.15) is 27.6 Å². The minimum absolute atomic E-state index is 0.0509. The summed E-state index contributed by atoms with van der Waals surface area (Å²) < 4.78 is 5.10. The van der Waals surface area contributed by atoms with Crippen molar-refractivity contribution < 1.29 is 14.0 Å². The van der Waals surface area contributed by atoms with Crippen LogP contribution in [0.5, 0.6) is 0 Å². The molecule has 0 saturated carbocycles. The Hall–Kier alpha value is -3.28. The Labute approximate surface area is 132 Å². The molecule has 1 aromatic heterocycles. The molecule has 114 valence electrons. The first-order valence-electron chi connectivity index (χ1n) is 6.92. The Bertz CT molecular complexity index is 840. The molecule has 0 spiro atoms. The first-order chi connectivity index (χ1) is 11.1. The van der Waals surface area contributed by atoms with Gasteiger partial charge in [0.25, 0.3) is 5.91 Å². The molecule has 0 aliphatic rings. The zero-order valence-corrected chi connectivity index (χ0v) is 12.3. The largest absolute Gasteiger partial charge is 0.423 e. The molecular formula is C17H13N3O3. The van der Waals surface area contributed by atoms with Gasteiger partial charge in [-0.05, 0) is 43.3 Å². The average Bonchev–Trinajstić information content (AvgIpc) is 3.09. The molecule has 0 unspecified atom stereocenters. The maximum atomic E-state index is 12.2. The third-order valence-electron chi connectivity index (χ3n) is 3.28. The number of rotatable bonds is 4. The average molecular weight is 307 g/mol. The highest BCUT2D eigenvalue weighted by Gasteiger charge is 2.09. The Morgan fingerprint density at radius 1 is 1.04 bits per heavy atom. The number of nitrogens with one attached hydrogen (secondary N) is 1. The molecule has 0 saturated heterocycles. The van der Waals surface area contributed by atoms with Crippen molar-refractivity contribution in [3.63, 3.8) is 0 Å². The van der Waals surface area contributed by atoms with Crippen LogP contribution < -0.4 is 5.32 Å². The minimum Gasteiger partial charge on any atom is -0.423 e. The van der Waals surface area contributed by atoms with E-state index in [4.69, 9.17) is 4.42 Å². The quantitative estimate of drug-likeness (QED) is 0.748. The molecule has 0 aliphatic carbocycles. The van der Waals surface area contributed by atoms with Crippen molar-refractivity contribution in [2.24, 2.45) is 0 Å². The second-order valence-electron chi connectivity index (χ2n) is 4.91. The number of amides is 1. The molecule has 23 heavy (non-hydrogen) atoms. The van der Waals surface area contributed by atoms with Crippen molar-refractivity contribution in [1.82, 2.24) is 10.2 Å². The molecule has 1 heterocycles. The van der Waals surface area contributed by atoms with Crippen LogP contribution in [0.25, 0.3) is 11.5 Å². The standard InChI is InChI=1S/C17H13N3O3/c1-11(21)14-3-2-4-15(9-14)19-16(22)12-5-7-13(8-6-12)17-20-18-10-23-17/h2-10H,1H3,(H,19,22). The summed E-state index contributed by atoms with van der Waals surface area (Å²) in [6.07, 6.45) is 1.25. The number of hydrogen-bond acceptors (Lipinski definition) is 5. The predicted octanol–water partition coefficient (Wildman–Crippen LogP) is 3.19. The van der Waals surface area contributed by atoms with E-state index in [0.717, 1.165) is 5.56 Å². The van der Waals surface area contributed by atoms with Crippen molar-refractivity contribution in [2.45, 2.75) is 6.92 Å². The molecule has 1 N–H and O–H groups in total. The summed E-state index contributed by atoms with van der Waals surface area (Å²) in [4.78, 5) is 23.6. The summed E-state index contributed by atoms with van der Waals surface area (Å²) in [6.45, 7) is 1.48. The van der Waals surface area contributed by atoms with E-state index in [0.29, 0.717) is 22.7 Å². The van der Waals surface area contributed by atoms with Gasteiger partial charge in [-0.1, -0.05) is 12.1 Å². The molecule has 0 radical (unpaired) electrons. The molecule has 3 rings (SSSR count). The van der Waals surface area contributed by atoms with Crippen LogP contribution in [0.15, 0.2) is 59.3 Å². The highest BCUT2D eigenvalue weighted by molar-refractivity contribution is 6.05. The first-order valence-corrected chi connectivity index (χ1v) is 6.92. The second-order valence-corrected chi connectivity index (χ2v) is 4.91. The normalized spacial score (nSPS) is 10.3. The van der Waals surface area contributed by atoms with Gasteiger partial charge in [0.05, 0.1) is 0 Å². The fraction of sp³-hybridized carbons (Fsp3) is 0.0588. The van der Waals surface area contributed by atoms with Crippen molar-refractivity contribution in [2.75, 3.05) is 5.32 Å². The maximum Gasteiger partial charge on any atom is 0.255 e. The van der Waals surface area contributed by atoms with E-state index in [1.165, 1.54) is 13.3 Å². The third kappa shape index (κ3) is 3.32. The molecule has 0 aliphatic heterocycles. The lowest BCUT2D eigenvalue weighted by Crippen LogP contribution is -2.12. The van der Waals surface area contributed by atoms with Crippen molar-refractivity contribution in [3.8, 4) is 11.5 Å². The molecular weight excluding hydrogens is 294 g/mol. The summed E-state index contributed by atoms with van der Waals surface area (Å²) >= 11 is 0. The van der Waals surface area contributed by atoms with Crippen molar-refractivity contribution in [3.05, 3.63) is 66.1 Å². The molecule has 3 aromatic rings. The molecule has 0 fully saturated rings. The zero-order valence-electron chi connectivity index (χ0n) is 12.3. The summed E-state index contributed by atoms with van der Waals surface area (Å²) in [6, 6.07) is 13.6. The number of nitrogens with zero attached hydrogens (tertiary/aromatic N) is 2. The molecule has 1 amide bonds. The topological polar surface area (TPSA) is 85.1 Å². The minimum atomic E-state index is -0.261. The van der Waals surface area contributed by atoms with E-state index in [2.05, 4.69) is 15.5 Å². The van der Waals surface area contributed by atoms with Gasteiger partial charge in [0.15, 0.2) is 5.78 Å². The Morgan fingerprint density at radius 3 is 2.48 bits per heavy atom. The Kier molecular flexibility index (Phi) is 3.97. The van der Waals surface area contributed by atoms with Gasteiger partial charge in [-0.3, -0.25) is 9.59 Å². The van der Waals surface area contributed by atoms with Gasteiger partial charge < -0.3 is 9.73 Å². The van der Waals surface area contributed by atoms with Gasteiger partial charge in [0, 0.05) is 22.4 Å². The molecule has 0 atom stereocenters. The lowest BCUT2D eigenvalue weighted by Gasteiger charge is -2.06. The number of hydrogen-bond donors (Lipinski definition) is 1. The lowest BCUT2D eigenvalue weighted by molar-refractivity contribution is 0.101. The first kappa shape index (κ1) is 14.6. The maximum absolute atomic E-state index is 12.2. The third-order valence-corrected chi connectivity index (χ3v) is 3.28. The molecule has 0 bridgehead atoms. The number of carbonyl (C=O) groups is 2. The summed E-state index contributed by atoms with van der Waals surface area (Å²) in [5.41, 5.74) is 2.34. The Morgan fingerprint density at radius 2 is 1.83 bits per heavy atom. The van der Waals surface area contributed by atoms with Gasteiger partial charge in [-0.15, -0.1) is 10.2 Å². The molecule has 6 heteroatoms. The van der Waals surface area contributed by atoms with Crippen LogP contribution in [0.3, 0.4) is 0 Å². The van der Waals surface area contributed by atoms with Crippen LogP contribution in [0, 0.1) is 0 Å². The van der Waals surface area contributed by atoms with Crippen molar-refractivity contribution >= 4 is 17.4 Å². The predicted molar refractivity (Wildman–Crippen MR) is 84.1 cm³/mol. The smallest absolute Gasteiger partial charge is 0.255 e. The van der Waals surface area contributed by atoms with Crippen molar-refractivity contribution in [1.29, 1.82) is 0 Å². The highest BCUT2D eigenvalue weighted by atomic mass is 16.4. The summed E-state index contributed by atoms with van der Waals surface area (Å²) in [5.74, 6) is 0.0823. The number of benzene rings is 2. The zero-order chi connectivity index (χ0) is 16.2. The summed E-state index contributed by atoms with van der Waals surface area (Å²) in [7, 11) is 0. The van der Waals surface area contributed by atoms with Crippen LogP contribution in [0.2, 0.25) is 0 Å². The van der Waals surface area contributed by atoms with Gasteiger partial charge in [-0.25, -0.2) is 0 Å². The lowest BCUT2D eigenvalue weighted by atomic mass is 10.1. The highest BCUT2D eigenvalue weighted by Crippen LogP contribution is 2.18. The van der Waals surface area contributed by atoms with E-state index in [1.807, 2.05) is 0 Å². The number of ketones is 1. The van der Waals surface area contributed by atoms with Crippen LogP contribution in [-0.4, -0.2) is 21.9 Å². The van der Waals surface area contributed by atoms with Gasteiger partial charge in [0.1, 0.15) is 0 Å². The van der Waals surface area contributed by atoms with Crippen LogP contribution in [-0.2, 0) is 0 Å². The second kappa shape index (κ2) is 6.23.